The van der Waals surface area contributed by atoms with E-state index in [-0.39, 0.29) is 21.7 Å². The number of nitrogens with one attached hydrogen (secondary N) is 3. The van der Waals surface area contributed by atoms with Gasteiger partial charge >= 0.3 is 12.0 Å². The summed E-state index contributed by atoms with van der Waals surface area (Å²) in [6.45, 7) is -0.295. The Kier molecular flexibility index (Phi) is 5.39. The van der Waals surface area contributed by atoms with E-state index in [2.05, 4.69) is 20.7 Å². The molecular formula is C24H26N4O7. The lowest BCUT2D eigenvalue weighted by Gasteiger charge is -2.33. The molecule has 0 bridgehead atoms. The first-order valence-corrected chi connectivity index (χ1v) is 11.0. The summed E-state index contributed by atoms with van der Waals surface area (Å²) in [4.78, 5) is 62.8. The molecule has 5 amide bonds. The van der Waals surface area contributed by atoms with E-state index in [1.54, 1.807) is 42.5 Å². The van der Waals surface area contributed by atoms with Gasteiger partial charge in [0.2, 0.25) is 5.91 Å². The Morgan fingerprint density at radius 1 is 1.17 bits per heavy atom. The van der Waals surface area contributed by atoms with Crippen LogP contribution in [-0.2, 0) is 36.8 Å². The van der Waals surface area contributed by atoms with Gasteiger partial charge in [0.05, 0.1) is 19.2 Å². The molecule has 0 aromatic heterocycles. The quantitative estimate of drug-likeness (QED) is 0.428. The average molecular weight is 482 g/mol. The number of carbonyl (C=O) groups excluding carboxylic acids is 5. The van der Waals surface area contributed by atoms with E-state index in [1.165, 1.54) is 12.0 Å². The molecule has 11 nitrogen and oxygen atoms in total. The Bertz CT molecular complexity index is 1290. The molecule has 2 aliphatic heterocycles. The number of esters is 1. The van der Waals surface area contributed by atoms with Gasteiger partial charge in [0, 0.05) is 21.4 Å². The molecule has 35 heavy (non-hydrogen) atoms. The lowest BCUT2D eigenvalue weighted by Crippen LogP contribution is -2.49. The molecule has 3 aliphatic rings. The average Bonchev–Trinajstić information content (AvgIpc) is 3.32. The van der Waals surface area contributed by atoms with Crippen molar-refractivity contribution in [2.75, 3.05) is 23.9 Å². The van der Waals surface area contributed by atoms with Crippen molar-refractivity contribution in [3.05, 3.63) is 53.6 Å². The molecule has 3 N–H and O–H groups in total. The first-order valence-electron chi connectivity index (χ1n) is 11.0. The molecule has 2 heterocycles. The van der Waals surface area contributed by atoms with Gasteiger partial charge in [0.25, 0.3) is 11.8 Å². The second-order valence-electron chi connectivity index (χ2n) is 8.65. The number of benzene rings is 2. The lowest BCUT2D eigenvalue weighted by molar-refractivity contribution is -0.145. The van der Waals surface area contributed by atoms with E-state index in [9.17, 15) is 24.0 Å². The summed E-state index contributed by atoms with van der Waals surface area (Å²) in [6.07, 6.45) is -0.699. The van der Waals surface area contributed by atoms with E-state index in [0.717, 1.165) is 11.1 Å². The maximum Gasteiger partial charge on any atom is 0.322 e. The minimum Gasteiger partial charge on any atom is -0.478 e. The van der Waals surface area contributed by atoms with Crippen LogP contribution in [0.15, 0.2) is 42.5 Å². The summed E-state index contributed by atoms with van der Waals surface area (Å²) < 4.78 is 10.3. The highest BCUT2D eigenvalue weighted by molar-refractivity contribution is 6.08. The largest absolute Gasteiger partial charge is 0.478 e. The maximum atomic E-state index is 13.0. The zero-order valence-corrected chi connectivity index (χ0v) is 18.8. The van der Waals surface area contributed by atoms with Crippen LogP contribution in [0.1, 0.15) is 20.4 Å². The van der Waals surface area contributed by atoms with Crippen molar-refractivity contribution in [2.24, 2.45) is 0 Å². The van der Waals surface area contributed by atoms with Gasteiger partial charge in [-0.15, -0.1) is 0 Å². The highest BCUT2D eigenvalue weighted by Gasteiger charge is 2.50. The van der Waals surface area contributed by atoms with Crippen molar-refractivity contribution < 1.29 is 36.3 Å². The van der Waals surface area contributed by atoms with Crippen LogP contribution < -0.4 is 25.6 Å². The molecule has 1 saturated heterocycles. The van der Waals surface area contributed by atoms with Gasteiger partial charge in [-0.2, -0.15) is 0 Å². The first kappa shape index (κ1) is 22.4. The summed E-state index contributed by atoms with van der Waals surface area (Å²) in [5.74, 6) is -1.56. The van der Waals surface area contributed by atoms with Crippen molar-refractivity contribution in [2.45, 2.75) is 30.9 Å². The Labute approximate surface area is 202 Å². The number of methoxy groups -OCH3 is 1. The third kappa shape index (κ3) is 4.05. The van der Waals surface area contributed by atoms with Gasteiger partial charge in [-0.25, -0.2) is 4.79 Å². The summed E-state index contributed by atoms with van der Waals surface area (Å²) in [7, 11) is 1.22. The normalized spacial score (nSPS) is 22.1. The van der Waals surface area contributed by atoms with Crippen LogP contribution in [0.3, 0.4) is 0 Å². The number of hydrogen-bond acceptors (Lipinski definition) is 7. The molecule has 1 aliphatic carbocycles. The number of carbonyl (C=O) groups is 5. The van der Waals surface area contributed by atoms with E-state index in [4.69, 9.17) is 4.74 Å². The molecule has 0 radical (unpaired) electrons. The number of fused-ring (bicyclic) bond motifs is 2. The number of rotatable bonds is 5. The number of hydrogen-bond donors (Lipinski definition) is 3. The number of nitrogens with zero attached hydrogens (tertiary/aromatic N) is 1. The fraction of sp³-hybridized carbons (Fsp3) is 0.292. The minimum absolute atomic E-state index is 0. The molecule has 2 unspecified atom stereocenters. The Balaban J connectivity index is 0.00000190. The number of para-hydroxylation sites is 2. The van der Waals surface area contributed by atoms with Gasteiger partial charge in [0.1, 0.15) is 17.8 Å². The Morgan fingerprint density at radius 3 is 2.69 bits per heavy atom. The van der Waals surface area contributed by atoms with E-state index < -0.39 is 35.5 Å². The monoisotopic (exact) mass is 482 g/mol. The van der Waals surface area contributed by atoms with Crippen molar-refractivity contribution in [1.29, 1.82) is 0 Å². The lowest BCUT2D eigenvalue weighted by atomic mass is 9.96. The summed E-state index contributed by atoms with van der Waals surface area (Å²) in [5.41, 5.74) is 1.67. The van der Waals surface area contributed by atoms with Crippen molar-refractivity contribution in [3.63, 3.8) is 0 Å². The van der Waals surface area contributed by atoms with Crippen LogP contribution in [0.4, 0.5) is 16.2 Å². The number of ether oxygens (including phenoxy) is 2. The van der Waals surface area contributed by atoms with Crippen LogP contribution in [-0.4, -0.2) is 55.0 Å². The molecule has 2 atom stereocenters. The van der Waals surface area contributed by atoms with Gasteiger partial charge in [-0.3, -0.25) is 29.4 Å². The molecular weight excluding hydrogens is 456 g/mol. The molecule has 11 heteroatoms. The Morgan fingerprint density at radius 2 is 1.94 bits per heavy atom. The fourth-order valence-corrected chi connectivity index (χ4v) is 4.68. The van der Waals surface area contributed by atoms with Gasteiger partial charge in [-0.1, -0.05) is 18.2 Å². The summed E-state index contributed by atoms with van der Waals surface area (Å²) >= 11 is 0. The Hall–Kier alpha value is -4.41. The van der Waals surface area contributed by atoms with Crippen molar-refractivity contribution in [3.8, 4) is 5.75 Å². The zero-order chi connectivity index (χ0) is 24.7. The zero-order valence-electron chi connectivity index (χ0n) is 18.8. The van der Waals surface area contributed by atoms with E-state index in [0.29, 0.717) is 30.0 Å². The third-order valence-electron chi connectivity index (χ3n) is 6.34. The first-order chi connectivity index (χ1) is 16.8. The topological polar surface area (TPSA) is 143 Å². The van der Waals surface area contributed by atoms with Gasteiger partial charge in [0.15, 0.2) is 6.10 Å². The molecule has 2 aromatic carbocycles. The second-order valence-corrected chi connectivity index (χ2v) is 8.65. The smallest absolute Gasteiger partial charge is 0.322 e. The van der Waals surface area contributed by atoms with Crippen LogP contribution in [0.2, 0.25) is 0 Å². The number of imide groups is 1. The molecule has 0 saturated carbocycles. The summed E-state index contributed by atoms with van der Waals surface area (Å²) in [5, 5.41) is 7.76. The van der Waals surface area contributed by atoms with Crippen LogP contribution in [0.5, 0.6) is 5.75 Å². The minimum atomic E-state index is -1.10. The van der Waals surface area contributed by atoms with Crippen LogP contribution in [0, 0.1) is 0 Å². The molecule has 1 spiro atoms. The maximum absolute atomic E-state index is 13.0. The number of amides is 5. The SMILES string of the molecule is COC(=O)CC1Oc2ccccc2N(CC(=O)Nc2ccc3c(c2)CC2(C3)NC(=O)NC2=O)C1=O.[HH].[HH]. The highest BCUT2D eigenvalue weighted by Crippen LogP contribution is 2.35. The van der Waals surface area contributed by atoms with Gasteiger partial charge in [-0.05, 0) is 35.4 Å². The predicted octanol–water partition coefficient (Wildman–Crippen LogP) is 1.15. The number of urea groups is 1. The summed E-state index contributed by atoms with van der Waals surface area (Å²) in [6, 6.07) is 11.5. The van der Waals surface area contributed by atoms with Crippen molar-refractivity contribution >= 4 is 41.1 Å². The third-order valence-corrected chi connectivity index (χ3v) is 6.34. The van der Waals surface area contributed by atoms with Crippen LogP contribution >= 0.6 is 0 Å². The molecule has 5 rings (SSSR count). The molecule has 1 fully saturated rings. The van der Waals surface area contributed by atoms with Crippen LogP contribution in [0.25, 0.3) is 0 Å². The second kappa shape index (κ2) is 8.42. The fourth-order valence-electron chi connectivity index (χ4n) is 4.68. The number of anilines is 2. The highest BCUT2D eigenvalue weighted by atomic mass is 16.5. The van der Waals surface area contributed by atoms with Crippen molar-refractivity contribution in [1.82, 2.24) is 10.6 Å². The standard InChI is InChI=1S/C24H22N4O7.2H2/c1-34-20(30)9-18-21(31)28(16-4-2-3-5-17(16)35-18)12-19(29)25-15-7-6-13-10-24(11-14(13)8-15)22(32)26-23(33)27-24;;/h2-8,18H,9-12H2,1H3,(H,25,29)(H2,26,27,32,33);2*1H. The van der Waals surface area contributed by atoms with Gasteiger partial charge < -0.3 is 20.1 Å². The van der Waals surface area contributed by atoms with E-state index in [1.807, 2.05) is 0 Å². The molecule has 184 valence electrons. The van der Waals surface area contributed by atoms with E-state index >= 15 is 0 Å². The molecule has 2 aromatic rings. The predicted molar refractivity (Wildman–Crippen MR) is 126 cm³/mol.